The van der Waals surface area contributed by atoms with Crippen molar-refractivity contribution in [3.05, 3.63) is 42.0 Å². The maximum atomic E-state index is 10.7. The summed E-state index contributed by atoms with van der Waals surface area (Å²) in [5, 5.41) is 20.3. The van der Waals surface area contributed by atoms with Crippen molar-refractivity contribution in [1.29, 1.82) is 0 Å². The maximum Gasteiger partial charge on any atom is 0.303 e. The molecule has 0 saturated carbocycles. The molecule has 0 saturated heterocycles. The lowest BCUT2D eigenvalue weighted by molar-refractivity contribution is -0.137. The van der Waals surface area contributed by atoms with Crippen LogP contribution in [-0.2, 0) is 4.79 Å². The van der Waals surface area contributed by atoms with Gasteiger partial charge in [0.2, 0.25) is 0 Å². The van der Waals surface area contributed by atoms with Gasteiger partial charge in [0.1, 0.15) is 5.75 Å². The number of phenols is 1. The van der Waals surface area contributed by atoms with Gasteiger partial charge in [0.15, 0.2) is 0 Å². The predicted molar refractivity (Wildman–Crippen MR) is 66.3 cm³/mol. The molecule has 0 fully saturated rings. The Bertz CT molecular complexity index is 560. The van der Waals surface area contributed by atoms with E-state index in [0.29, 0.717) is 0 Å². The van der Waals surface area contributed by atoms with E-state index in [-0.39, 0.29) is 18.1 Å². The molecular weight excluding hydrogens is 216 g/mol. The molecule has 0 aliphatic carbocycles. The maximum absolute atomic E-state index is 10.7. The van der Waals surface area contributed by atoms with Crippen molar-refractivity contribution >= 4 is 16.7 Å². The highest BCUT2D eigenvalue weighted by molar-refractivity contribution is 5.87. The van der Waals surface area contributed by atoms with Gasteiger partial charge in [-0.1, -0.05) is 31.2 Å². The lowest BCUT2D eigenvalue weighted by Crippen LogP contribution is -2.03. The fourth-order valence-electron chi connectivity index (χ4n) is 2.09. The van der Waals surface area contributed by atoms with Gasteiger partial charge < -0.3 is 10.2 Å². The van der Waals surface area contributed by atoms with E-state index in [4.69, 9.17) is 5.11 Å². The van der Waals surface area contributed by atoms with E-state index in [9.17, 15) is 9.90 Å². The molecule has 2 aromatic carbocycles. The lowest BCUT2D eigenvalue weighted by Gasteiger charge is -2.12. The number of aliphatic carboxylic acids is 1. The second kappa shape index (κ2) is 4.45. The Morgan fingerprint density at radius 3 is 2.76 bits per heavy atom. The highest BCUT2D eigenvalue weighted by atomic mass is 16.4. The number of benzene rings is 2. The lowest BCUT2D eigenvalue weighted by atomic mass is 9.92. The van der Waals surface area contributed by atoms with E-state index >= 15 is 0 Å². The molecule has 0 aromatic heterocycles. The molecule has 2 N–H and O–H groups in total. The molecule has 0 radical (unpaired) electrons. The summed E-state index contributed by atoms with van der Waals surface area (Å²) < 4.78 is 0. The van der Waals surface area contributed by atoms with E-state index in [1.54, 1.807) is 12.1 Å². The fourth-order valence-corrected chi connectivity index (χ4v) is 2.09. The third-order valence-electron chi connectivity index (χ3n) is 2.91. The van der Waals surface area contributed by atoms with Crippen molar-refractivity contribution in [2.24, 2.45) is 0 Å². The number of carboxylic acids is 1. The molecule has 1 unspecified atom stereocenters. The first-order valence-corrected chi connectivity index (χ1v) is 5.51. The van der Waals surface area contributed by atoms with Crippen molar-refractivity contribution in [3.63, 3.8) is 0 Å². The second-order valence-electron chi connectivity index (χ2n) is 4.25. The van der Waals surface area contributed by atoms with Gasteiger partial charge >= 0.3 is 5.97 Å². The summed E-state index contributed by atoms with van der Waals surface area (Å²) in [6, 6.07) is 10.9. The van der Waals surface area contributed by atoms with Crippen LogP contribution in [0.3, 0.4) is 0 Å². The monoisotopic (exact) mass is 230 g/mol. The van der Waals surface area contributed by atoms with Crippen LogP contribution in [0.5, 0.6) is 5.75 Å². The molecule has 3 nitrogen and oxygen atoms in total. The van der Waals surface area contributed by atoms with Crippen LogP contribution in [0.2, 0.25) is 0 Å². The Balaban J connectivity index is 2.52. The quantitative estimate of drug-likeness (QED) is 0.851. The van der Waals surface area contributed by atoms with Crippen LogP contribution in [0, 0.1) is 0 Å². The molecule has 0 aliphatic heterocycles. The number of fused-ring (bicyclic) bond motifs is 1. The molecule has 0 amide bonds. The number of hydrogen-bond donors (Lipinski definition) is 2. The van der Waals surface area contributed by atoms with Crippen molar-refractivity contribution in [2.45, 2.75) is 19.3 Å². The highest BCUT2D eigenvalue weighted by Gasteiger charge is 2.13. The number of hydrogen-bond acceptors (Lipinski definition) is 2. The number of carbonyl (C=O) groups is 1. The van der Waals surface area contributed by atoms with Crippen molar-refractivity contribution < 1.29 is 15.0 Å². The molecule has 0 bridgehead atoms. The van der Waals surface area contributed by atoms with Gasteiger partial charge in [-0.25, -0.2) is 0 Å². The molecule has 0 heterocycles. The average molecular weight is 230 g/mol. The molecule has 2 rings (SSSR count). The highest BCUT2D eigenvalue weighted by Crippen LogP contribution is 2.29. The summed E-state index contributed by atoms with van der Waals surface area (Å²) in [7, 11) is 0. The standard InChI is InChI=1S/C14H14O3/c1-9(7-14(16)17)12-4-2-3-10-5-6-11(15)8-13(10)12/h2-6,8-9,15H,7H2,1H3,(H,16,17). The Labute approximate surface area is 99.3 Å². The minimum Gasteiger partial charge on any atom is -0.508 e. The number of aromatic hydroxyl groups is 1. The van der Waals surface area contributed by atoms with Gasteiger partial charge in [-0.15, -0.1) is 0 Å². The zero-order valence-electron chi connectivity index (χ0n) is 9.55. The van der Waals surface area contributed by atoms with Crippen molar-refractivity contribution in [3.8, 4) is 5.75 Å². The number of carboxylic acid groups (broad SMARTS) is 1. The van der Waals surface area contributed by atoms with Gasteiger partial charge in [0, 0.05) is 0 Å². The van der Waals surface area contributed by atoms with Gasteiger partial charge in [-0.2, -0.15) is 0 Å². The van der Waals surface area contributed by atoms with Gasteiger partial charge in [-0.3, -0.25) is 4.79 Å². The minimum atomic E-state index is -0.811. The summed E-state index contributed by atoms with van der Waals surface area (Å²) in [5.74, 6) is -0.680. The average Bonchev–Trinajstić information content (AvgIpc) is 2.27. The molecular formula is C14H14O3. The zero-order chi connectivity index (χ0) is 12.4. The summed E-state index contributed by atoms with van der Waals surface area (Å²) in [4.78, 5) is 10.7. The Kier molecular flexibility index (Phi) is 3.00. The molecule has 17 heavy (non-hydrogen) atoms. The van der Waals surface area contributed by atoms with E-state index in [2.05, 4.69) is 0 Å². The second-order valence-corrected chi connectivity index (χ2v) is 4.25. The molecule has 1 atom stereocenters. The van der Waals surface area contributed by atoms with Crippen LogP contribution in [0.4, 0.5) is 0 Å². The van der Waals surface area contributed by atoms with Gasteiger partial charge in [-0.05, 0) is 34.4 Å². The summed E-state index contributed by atoms with van der Waals surface area (Å²) >= 11 is 0. The van der Waals surface area contributed by atoms with Crippen molar-refractivity contribution in [1.82, 2.24) is 0 Å². The first-order chi connectivity index (χ1) is 8.08. The topological polar surface area (TPSA) is 57.5 Å². The largest absolute Gasteiger partial charge is 0.508 e. The van der Waals surface area contributed by atoms with Crippen LogP contribution in [0.15, 0.2) is 36.4 Å². The minimum absolute atomic E-state index is 0.0713. The number of rotatable bonds is 3. The van der Waals surface area contributed by atoms with E-state index in [0.717, 1.165) is 16.3 Å². The van der Waals surface area contributed by atoms with Crippen LogP contribution >= 0.6 is 0 Å². The molecule has 0 spiro atoms. The predicted octanol–water partition coefficient (Wildman–Crippen LogP) is 3.12. The van der Waals surface area contributed by atoms with E-state index < -0.39 is 5.97 Å². The molecule has 2 aromatic rings. The van der Waals surface area contributed by atoms with Crippen LogP contribution < -0.4 is 0 Å². The third kappa shape index (κ3) is 2.38. The first-order valence-electron chi connectivity index (χ1n) is 5.51. The van der Waals surface area contributed by atoms with Crippen molar-refractivity contribution in [2.75, 3.05) is 0 Å². The van der Waals surface area contributed by atoms with Crippen LogP contribution in [0.25, 0.3) is 10.8 Å². The number of phenolic OH excluding ortho intramolecular Hbond substituents is 1. The summed E-state index contributed by atoms with van der Waals surface area (Å²) in [6.45, 7) is 1.88. The smallest absolute Gasteiger partial charge is 0.303 e. The first kappa shape index (κ1) is 11.5. The third-order valence-corrected chi connectivity index (χ3v) is 2.91. The van der Waals surface area contributed by atoms with Gasteiger partial charge in [0.05, 0.1) is 6.42 Å². The Hall–Kier alpha value is -2.03. The fraction of sp³-hybridized carbons (Fsp3) is 0.214. The van der Waals surface area contributed by atoms with Crippen LogP contribution in [0.1, 0.15) is 24.8 Å². The van der Waals surface area contributed by atoms with Crippen LogP contribution in [-0.4, -0.2) is 16.2 Å². The Morgan fingerprint density at radius 2 is 2.06 bits per heavy atom. The zero-order valence-corrected chi connectivity index (χ0v) is 9.55. The normalized spacial score (nSPS) is 12.5. The SMILES string of the molecule is CC(CC(=O)O)c1cccc2ccc(O)cc12. The summed E-state index contributed by atoms with van der Waals surface area (Å²) in [5.41, 5.74) is 0.959. The Morgan fingerprint density at radius 1 is 1.29 bits per heavy atom. The van der Waals surface area contributed by atoms with E-state index in [1.807, 2.05) is 31.2 Å². The molecule has 88 valence electrons. The van der Waals surface area contributed by atoms with Gasteiger partial charge in [0.25, 0.3) is 0 Å². The van der Waals surface area contributed by atoms with E-state index in [1.165, 1.54) is 0 Å². The summed E-state index contributed by atoms with van der Waals surface area (Å²) in [6.07, 6.45) is 0.0920. The molecule has 0 aliphatic rings. The molecule has 3 heteroatoms.